The highest BCUT2D eigenvalue weighted by atomic mass is 19.1. The van der Waals surface area contributed by atoms with E-state index >= 15 is 0 Å². The van der Waals surface area contributed by atoms with E-state index in [1.807, 2.05) is 6.07 Å². The number of rotatable bonds is 2. The van der Waals surface area contributed by atoms with Crippen molar-refractivity contribution in [2.24, 2.45) is 4.99 Å². The molecule has 1 aromatic carbocycles. The summed E-state index contributed by atoms with van der Waals surface area (Å²) in [6, 6.07) is 8.89. The van der Waals surface area contributed by atoms with Gasteiger partial charge in [0, 0.05) is 6.20 Å². The van der Waals surface area contributed by atoms with Gasteiger partial charge in [0.2, 0.25) is 0 Å². The number of aromatic hydroxyl groups is 1. The van der Waals surface area contributed by atoms with Crippen LogP contribution in [0.25, 0.3) is 0 Å². The van der Waals surface area contributed by atoms with Crippen LogP contribution in [0.5, 0.6) is 5.75 Å². The van der Waals surface area contributed by atoms with Crippen molar-refractivity contribution in [3.05, 3.63) is 54.1 Å². The number of aromatic nitrogens is 1. The van der Waals surface area contributed by atoms with Crippen LogP contribution in [0.4, 0.5) is 10.1 Å². The van der Waals surface area contributed by atoms with Crippen LogP contribution in [0.3, 0.4) is 0 Å². The quantitative estimate of drug-likeness (QED) is 0.821. The van der Waals surface area contributed by atoms with Crippen LogP contribution in [0.2, 0.25) is 0 Å². The van der Waals surface area contributed by atoms with Crippen molar-refractivity contribution >= 4 is 11.4 Å². The van der Waals surface area contributed by atoms with E-state index in [4.69, 9.17) is 5.26 Å². The van der Waals surface area contributed by atoms with Crippen LogP contribution in [0.15, 0.2) is 47.7 Å². The number of nitrogens with zero attached hydrogens (tertiary/aromatic N) is 3. The molecule has 18 heavy (non-hydrogen) atoms. The van der Waals surface area contributed by atoms with E-state index in [2.05, 4.69) is 9.98 Å². The first kappa shape index (κ1) is 11.7. The Morgan fingerprint density at radius 3 is 2.89 bits per heavy atom. The summed E-state index contributed by atoms with van der Waals surface area (Å²) in [5.74, 6) is -0.582. The molecule has 1 aromatic heterocycles. The summed E-state index contributed by atoms with van der Waals surface area (Å²) in [5, 5.41) is 18.6. The van der Waals surface area contributed by atoms with E-state index in [9.17, 15) is 9.50 Å². The molecule has 0 spiro atoms. The summed E-state index contributed by atoms with van der Waals surface area (Å²) >= 11 is 0. The molecule has 4 nitrogen and oxygen atoms in total. The Balaban J connectivity index is 2.48. The van der Waals surface area contributed by atoms with Gasteiger partial charge in [0.1, 0.15) is 17.6 Å². The van der Waals surface area contributed by atoms with E-state index in [0.717, 1.165) is 0 Å². The fourth-order valence-corrected chi connectivity index (χ4v) is 1.41. The van der Waals surface area contributed by atoms with Gasteiger partial charge in [-0.05, 0) is 24.3 Å². The predicted molar refractivity (Wildman–Crippen MR) is 64.1 cm³/mol. The van der Waals surface area contributed by atoms with Gasteiger partial charge in [-0.15, -0.1) is 0 Å². The number of hydrogen-bond donors (Lipinski definition) is 1. The van der Waals surface area contributed by atoms with Gasteiger partial charge in [-0.3, -0.25) is 4.98 Å². The van der Waals surface area contributed by atoms with Crippen molar-refractivity contribution in [2.75, 3.05) is 0 Å². The molecule has 2 rings (SSSR count). The Morgan fingerprint density at radius 2 is 2.22 bits per heavy atom. The Morgan fingerprint density at radius 1 is 1.39 bits per heavy atom. The number of nitriles is 1. The molecule has 0 radical (unpaired) electrons. The smallest absolute Gasteiger partial charge is 0.152 e. The third-order valence-electron chi connectivity index (χ3n) is 2.21. The van der Waals surface area contributed by atoms with Gasteiger partial charge in [0.15, 0.2) is 5.71 Å². The Hall–Kier alpha value is -2.74. The summed E-state index contributed by atoms with van der Waals surface area (Å²) in [4.78, 5) is 7.71. The molecule has 2 aromatic rings. The van der Waals surface area contributed by atoms with Gasteiger partial charge < -0.3 is 5.11 Å². The van der Waals surface area contributed by atoms with E-state index < -0.39 is 5.82 Å². The average molecular weight is 241 g/mol. The topological polar surface area (TPSA) is 69.3 Å². The lowest BCUT2D eigenvalue weighted by atomic mass is 10.1. The maximum Gasteiger partial charge on any atom is 0.152 e. The molecule has 0 aliphatic carbocycles. The van der Waals surface area contributed by atoms with Gasteiger partial charge in [-0.2, -0.15) is 5.26 Å². The van der Waals surface area contributed by atoms with Gasteiger partial charge in [-0.25, -0.2) is 9.38 Å². The van der Waals surface area contributed by atoms with Crippen molar-refractivity contribution < 1.29 is 9.50 Å². The lowest BCUT2D eigenvalue weighted by molar-refractivity contribution is 0.471. The Labute approximate surface area is 103 Å². The van der Waals surface area contributed by atoms with E-state index in [1.165, 1.54) is 36.7 Å². The summed E-state index contributed by atoms with van der Waals surface area (Å²) in [7, 11) is 0. The summed E-state index contributed by atoms with van der Waals surface area (Å²) < 4.78 is 13.0. The van der Waals surface area contributed by atoms with Crippen LogP contribution in [0, 0.1) is 17.1 Å². The largest absolute Gasteiger partial charge is 0.506 e. The second-order valence-electron chi connectivity index (χ2n) is 3.44. The Kier molecular flexibility index (Phi) is 3.30. The zero-order chi connectivity index (χ0) is 13.0. The van der Waals surface area contributed by atoms with Crippen LogP contribution in [-0.2, 0) is 0 Å². The molecule has 0 saturated carbocycles. The fraction of sp³-hybridized carbons (Fsp3) is 0. The minimum atomic E-state index is -0.438. The first-order chi connectivity index (χ1) is 8.70. The average Bonchev–Trinajstić information content (AvgIpc) is 2.37. The molecule has 5 heteroatoms. The molecule has 0 aliphatic heterocycles. The fourth-order valence-electron chi connectivity index (χ4n) is 1.41. The molecule has 0 amide bonds. The molecule has 0 bridgehead atoms. The monoisotopic (exact) mass is 241 g/mol. The number of halogens is 1. The summed E-state index contributed by atoms with van der Waals surface area (Å²) in [5.41, 5.74) is 0.569. The summed E-state index contributed by atoms with van der Waals surface area (Å²) in [6.45, 7) is 0. The number of hydrogen-bond acceptors (Lipinski definition) is 4. The SMILES string of the molecule is N#C/C(=N\c1cccc(F)c1)c1ccncc1O. The van der Waals surface area contributed by atoms with Crippen molar-refractivity contribution in [3.8, 4) is 11.8 Å². The van der Waals surface area contributed by atoms with E-state index in [0.29, 0.717) is 5.69 Å². The van der Waals surface area contributed by atoms with Crippen LogP contribution in [0.1, 0.15) is 5.56 Å². The van der Waals surface area contributed by atoms with Crippen molar-refractivity contribution in [3.63, 3.8) is 0 Å². The third kappa shape index (κ3) is 2.50. The molecule has 0 atom stereocenters. The number of pyridine rings is 1. The lowest BCUT2D eigenvalue weighted by Crippen LogP contribution is -1.97. The minimum absolute atomic E-state index is 0.000463. The van der Waals surface area contributed by atoms with Crippen LogP contribution < -0.4 is 0 Å². The molecule has 1 N–H and O–H groups in total. The standard InChI is InChI=1S/C13H8FN3O/c14-9-2-1-3-10(6-9)17-12(7-15)11-4-5-16-8-13(11)18/h1-6,8,18H/b17-12+. The molecule has 0 saturated heterocycles. The number of benzene rings is 1. The number of aliphatic imine (C=N–C) groups is 1. The predicted octanol–water partition coefficient (Wildman–Crippen LogP) is 2.57. The van der Waals surface area contributed by atoms with Crippen molar-refractivity contribution in [1.82, 2.24) is 4.98 Å². The minimum Gasteiger partial charge on any atom is -0.506 e. The highest BCUT2D eigenvalue weighted by Gasteiger charge is 2.08. The van der Waals surface area contributed by atoms with Gasteiger partial charge in [-0.1, -0.05) is 6.07 Å². The first-order valence-electron chi connectivity index (χ1n) is 5.08. The highest BCUT2D eigenvalue weighted by Crippen LogP contribution is 2.19. The Bertz CT molecular complexity index is 647. The maximum atomic E-state index is 13.0. The second-order valence-corrected chi connectivity index (χ2v) is 3.44. The maximum absolute atomic E-state index is 13.0. The van der Waals surface area contributed by atoms with Gasteiger partial charge in [0.25, 0.3) is 0 Å². The van der Waals surface area contributed by atoms with E-state index in [1.54, 1.807) is 6.07 Å². The van der Waals surface area contributed by atoms with Crippen molar-refractivity contribution in [1.29, 1.82) is 5.26 Å². The zero-order valence-electron chi connectivity index (χ0n) is 9.21. The normalized spacial score (nSPS) is 11.0. The zero-order valence-corrected chi connectivity index (χ0v) is 9.21. The molecule has 0 unspecified atom stereocenters. The van der Waals surface area contributed by atoms with Gasteiger partial charge in [0.05, 0.1) is 17.4 Å². The van der Waals surface area contributed by atoms with E-state index in [-0.39, 0.29) is 17.0 Å². The molecular formula is C13H8FN3O. The first-order valence-corrected chi connectivity index (χ1v) is 5.08. The second kappa shape index (κ2) is 5.06. The lowest BCUT2D eigenvalue weighted by Gasteiger charge is -2.01. The molecule has 88 valence electrons. The summed E-state index contributed by atoms with van der Waals surface area (Å²) in [6.07, 6.45) is 2.65. The third-order valence-corrected chi connectivity index (χ3v) is 2.21. The highest BCUT2D eigenvalue weighted by molar-refractivity contribution is 6.14. The van der Waals surface area contributed by atoms with Crippen LogP contribution in [-0.4, -0.2) is 15.8 Å². The molecule has 0 fully saturated rings. The molecule has 0 aliphatic rings. The van der Waals surface area contributed by atoms with Gasteiger partial charge >= 0.3 is 0 Å². The molecular weight excluding hydrogens is 233 g/mol. The van der Waals surface area contributed by atoms with Crippen LogP contribution >= 0.6 is 0 Å². The van der Waals surface area contributed by atoms with Crippen molar-refractivity contribution in [2.45, 2.75) is 0 Å². The molecule has 1 heterocycles.